The van der Waals surface area contributed by atoms with Gasteiger partial charge in [0.1, 0.15) is 13.2 Å². The molecular weight excluding hydrogens is 973 g/mol. The van der Waals surface area contributed by atoms with Crippen molar-refractivity contribution in [2.75, 3.05) is 13.2 Å². The van der Waals surface area contributed by atoms with Crippen LogP contribution in [0.4, 0.5) is 0 Å². The first-order valence-electron chi connectivity index (χ1n) is 33.4. The van der Waals surface area contributed by atoms with Crippen molar-refractivity contribution in [1.82, 2.24) is 0 Å². The van der Waals surface area contributed by atoms with Crippen LogP contribution in [0.2, 0.25) is 0 Å². The van der Waals surface area contributed by atoms with Crippen molar-refractivity contribution < 1.29 is 28.6 Å². The second-order valence-corrected chi connectivity index (χ2v) is 22.0. The van der Waals surface area contributed by atoms with Gasteiger partial charge in [-0.3, -0.25) is 14.4 Å². The summed E-state index contributed by atoms with van der Waals surface area (Å²) in [4.78, 5) is 38.3. The maximum Gasteiger partial charge on any atom is 0.306 e. The van der Waals surface area contributed by atoms with E-state index in [9.17, 15) is 14.4 Å². The first-order chi connectivity index (χ1) is 39.0. The summed E-state index contributed by atoms with van der Waals surface area (Å²) in [5, 5.41) is 0. The Morgan fingerprint density at radius 2 is 0.519 bits per heavy atom. The molecule has 0 aliphatic carbocycles. The third-order valence-corrected chi connectivity index (χ3v) is 14.2. The van der Waals surface area contributed by atoms with Gasteiger partial charge < -0.3 is 14.2 Å². The van der Waals surface area contributed by atoms with Crippen LogP contribution in [0.3, 0.4) is 0 Å². The molecule has 0 radical (unpaired) electrons. The summed E-state index contributed by atoms with van der Waals surface area (Å²) in [6, 6.07) is 0. The Bertz CT molecular complexity index is 1590. The molecule has 0 aromatic rings. The third kappa shape index (κ3) is 64.8. The molecule has 6 heteroatoms. The van der Waals surface area contributed by atoms with Crippen LogP contribution in [0.15, 0.2) is 109 Å². The van der Waals surface area contributed by atoms with Crippen molar-refractivity contribution in [1.29, 1.82) is 0 Å². The molecule has 0 spiro atoms. The van der Waals surface area contributed by atoms with E-state index in [1.807, 2.05) is 0 Å². The molecule has 0 saturated carbocycles. The molecule has 1 unspecified atom stereocenters. The second-order valence-electron chi connectivity index (χ2n) is 22.0. The van der Waals surface area contributed by atoms with Gasteiger partial charge in [-0.1, -0.05) is 284 Å². The van der Waals surface area contributed by atoms with Gasteiger partial charge in [0.15, 0.2) is 6.10 Å². The van der Waals surface area contributed by atoms with Crippen LogP contribution in [0.25, 0.3) is 0 Å². The number of hydrogen-bond donors (Lipinski definition) is 0. The van der Waals surface area contributed by atoms with Gasteiger partial charge in [0, 0.05) is 19.3 Å². The highest BCUT2D eigenvalue weighted by Crippen LogP contribution is 2.16. The predicted octanol–water partition coefficient (Wildman–Crippen LogP) is 23.0. The van der Waals surface area contributed by atoms with Gasteiger partial charge in [0.05, 0.1) is 0 Å². The normalized spacial score (nSPS) is 12.8. The highest BCUT2D eigenvalue weighted by molar-refractivity contribution is 5.71. The van der Waals surface area contributed by atoms with E-state index in [0.717, 1.165) is 135 Å². The highest BCUT2D eigenvalue weighted by Gasteiger charge is 2.19. The average molecular weight is 1100 g/mol. The molecule has 0 rings (SSSR count). The van der Waals surface area contributed by atoms with E-state index in [0.29, 0.717) is 19.3 Å². The molecular formula is C73H124O6. The molecule has 6 nitrogen and oxygen atoms in total. The predicted molar refractivity (Wildman–Crippen MR) is 343 cm³/mol. The summed E-state index contributed by atoms with van der Waals surface area (Å²) in [6.45, 7) is 6.44. The lowest BCUT2D eigenvalue weighted by Gasteiger charge is -2.18. The summed E-state index contributed by atoms with van der Waals surface area (Å²) in [7, 11) is 0. The Morgan fingerprint density at radius 1 is 0.266 bits per heavy atom. The molecule has 0 N–H and O–H groups in total. The fraction of sp³-hybridized carbons (Fsp3) is 0.712. The van der Waals surface area contributed by atoms with Crippen LogP contribution in [-0.2, 0) is 28.6 Å². The Balaban J connectivity index is 4.23. The van der Waals surface area contributed by atoms with E-state index in [1.165, 1.54) is 141 Å². The fourth-order valence-corrected chi connectivity index (χ4v) is 9.24. The van der Waals surface area contributed by atoms with Gasteiger partial charge in [0.25, 0.3) is 0 Å². The maximum absolute atomic E-state index is 12.9. The molecule has 0 aromatic heterocycles. The number of esters is 3. The Morgan fingerprint density at radius 3 is 0.823 bits per heavy atom. The number of rotatable bonds is 60. The molecule has 452 valence electrons. The first-order valence-corrected chi connectivity index (χ1v) is 33.4. The zero-order valence-electron chi connectivity index (χ0n) is 51.9. The van der Waals surface area contributed by atoms with Crippen molar-refractivity contribution in [3.8, 4) is 0 Å². The van der Waals surface area contributed by atoms with Crippen LogP contribution in [0.5, 0.6) is 0 Å². The lowest BCUT2D eigenvalue weighted by Crippen LogP contribution is -2.30. The molecule has 0 heterocycles. The quantitative estimate of drug-likeness (QED) is 0.0261. The summed E-state index contributed by atoms with van der Waals surface area (Å²) < 4.78 is 16.9. The van der Waals surface area contributed by atoms with E-state index in [-0.39, 0.29) is 31.1 Å². The lowest BCUT2D eigenvalue weighted by molar-refractivity contribution is -0.167. The second kappa shape index (κ2) is 66.6. The monoisotopic (exact) mass is 1100 g/mol. The molecule has 0 aliphatic rings. The van der Waals surface area contributed by atoms with Gasteiger partial charge in [-0.05, 0) is 122 Å². The summed E-state index contributed by atoms with van der Waals surface area (Å²) >= 11 is 0. The zero-order chi connectivity index (χ0) is 57.1. The number of allylic oxidation sites excluding steroid dienone is 18. The van der Waals surface area contributed by atoms with Crippen molar-refractivity contribution in [2.45, 2.75) is 322 Å². The number of hydrogen-bond acceptors (Lipinski definition) is 6. The Kier molecular flexibility index (Phi) is 63.3. The smallest absolute Gasteiger partial charge is 0.306 e. The van der Waals surface area contributed by atoms with Crippen LogP contribution < -0.4 is 0 Å². The van der Waals surface area contributed by atoms with Crippen LogP contribution in [0, 0.1) is 0 Å². The number of unbranched alkanes of at least 4 members (excludes halogenated alkanes) is 31. The van der Waals surface area contributed by atoms with E-state index >= 15 is 0 Å². The standard InChI is InChI=1S/C73H124O6/c1-4-7-10-13-16-19-22-25-27-29-30-31-32-33-34-35-36-37-38-39-40-41-42-44-45-48-51-54-57-60-63-66-72(75)78-69-70(68-77-71(74)65-62-59-56-53-50-47-24-21-18-15-12-9-6-3)79-73(76)67-64-61-58-55-52-49-46-43-28-26-23-20-17-14-11-8-5-2/h7,10,12,15-17,19-21,24-28,30-31,33-34,70H,4-6,8-9,11,13-14,18,22-23,29,32,35-69H2,1-3H3/b10-7-,15-12-,19-16-,20-17-,24-21-,27-25-,28-26-,31-30-,34-33-. The van der Waals surface area contributed by atoms with E-state index in [2.05, 4.69) is 130 Å². The highest BCUT2D eigenvalue weighted by atomic mass is 16.6. The number of ether oxygens (including phenoxy) is 3. The van der Waals surface area contributed by atoms with Crippen molar-refractivity contribution in [2.24, 2.45) is 0 Å². The van der Waals surface area contributed by atoms with Crippen LogP contribution in [-0.4, -0.2) is 37.2 Å². The van der Waals surface area contributed by atoms with E-state index < -0.39 is 6.10 Å². The molecule has 1 atom stereocenters. The molecule has 0 bridgehead atoms. The Labute approximate surface area is 489 Å². The SMILES string of the molecule is CC/C=C\C/C=C\C/C=C\C/C=C\C/C=C\CCCCCCCCCCCCCCCCCC(=O)OCC(COC(=O)CCCCCCC/C=C\C/C=C\CCC)OC(=O)CCCCCCCCC/C=C\C/C=C\CCCCC. The summed E-state index contributed by atoms with van der Waals surface area (Å²) in [6.07, 6.45) is 91.1. The molecule has 0 fully saturated rings. The number of carbonyl (C=O) groups is 3. The minimum atomic E-state index is -0.789. The van der Waals surface area contributed by atoms with Crippen LogP contribution >= 0.6 is 0 Å². The maximum atomic E-state index is 12.9. The van der Waals surface area contributed by atoms with Crippen molar-refractivity contribution >= 4 is 17.9 Å². The molecule has 79 heavy (non-hydrogen) atoms. The minimum absolute atomic E-state index is 0.0846. The lowest BCUT2D eigenvalue weighted by atomic mass is 10.0. The molecule has 0 aliphatic heterocycles. The van der Waals surface area contributed by atoms with E-state index in [1.54, 1.807) is 0 Å². The Hall–Kier alpha value is -3.93. The van der Waals surface area contributed by atoms with Gasteiger partial charge in [-0.25, -0.2) is 0 Å². The molecule has 0 aromatic carbocycles. The van der Waals surface area contributed by atoms with Gasteiger partial charge >= 0.3 is 17.9 Å². The topological polar surface area (TPSA) is 78.9 Å². The zero-order valence-corrected chi connectivity index (χ0v) is 51.9. The van der Waals surface area contributed by atoms with Crippen molar-refractivity contribution in [3.05, 3.63) is 109 Å². The summed E-state index contributed by atoms with van der Waals surface area (Å²) in [5.74, 6) is -0.898. The summed E-state index contributed by atoms with van der Waals surface area (Å²) in [5.41, 5.74) is 0. The fourth-order valence-electron chi connectivity index (χ4n) is 9.24. The van der Waals surface area contributed by atoms with Gasteiger partial charge in [-0.2, -0.15) is 0 Å². The van der Waals surface area contributed by atoms with Crippen molar-refractivity contribution in [3.63, 3.8) is 0 Å². The molecule has 0 saturated heterocycles. The number of carbonyl (C=O) groups excluding carboxylic acids is 3. The average Bonchev–Trinajstić information content (AvgIpc) is 3.45. The third-order valence-electron chi connectivity index (χ3n) is 14.2. The van der Waals surface area contributed by atoms with Gasteiger partial charge in [0.2, 0.25) is 0 Å². The largest absolute Gasteiger partial charge is 0.462 e. The first kappa shape index (κ1) is 75.1. The van der Waals surface area contributed by atoms with E-state index in [4.69, 9.17) is 14.2 Å². The molecule has 0 amide bonds. The minimum Gasteiger partial charge on any atom is -0.462 e. The van der Waals surface area contributed by atoms with Crippen LogP contribution in [0.1, 0.15) is 316 Å². The van der Waals surface area contributed by atoms with Gasteiger partial charge in [-0.15, -0.1) is 0 Å².